The van der Waals surface area contributed by atoms with E-state index in [0.29, 0.717) is 49.8 Å². The van der Waals surface area contributed by atoms with E-state index in [2.05, 4.69) is 10.3 Å². The monoisotopic (exact) mass is 426 g/mol. The lowest BCUT2D eigenvalue weighted by Crippen LogP contribution is -2.11. The molecule has 8 heteroatoms. The van der Waals surface area contributed by atoms with Gasteiger partial charge in [0.15, 0.2) is 17.1 Å². The van der Waals surface area contributed by atoms with Crippen molar-refractivity contribution in [1.82, 2.24) is 4.98 Å². The molecule has 0 unspecified atom stereocenters. The Bertz CT molecular complexity index is 1250. The zero-order valence-corrected chi connectivity index (χ0v) is 16.3. The molecule has 1 aliphatic heterocycles. The Kier molecular flexibility index (Phi) is 4.30. The molecule has 1 amide bonds. The van der Waals surface area contributed by atoms with Crippen LogP contribution in [0.15, 0.2) is 59.0 Å². The Labute approximate surface area is 175 Å². The fourth-order valence-electron chi connectivity index (χ4n) is 3.02. The van der Waals surface area contributed by atoms with Crippen LogP contribution in [0.1, 0.15) is 10.4 Å². The molecule has 0 saturated heterocycles. The number of benzene rings is 3. The molecule has 0 atom stereocenters. The van der Waals surface area contributed by atoms with Gasteiger partial charge >= 0.3 is 0 Å². The number of aromatic nitrogens is 1. The van der Waals surface area contributed by atoms with Crippen LogP contribution in [0, 0.1) is 0 Å². The number of fused-ring (bicyclic) bond motifs is 2. The summed E-state index contributed by atoms with van der Waals surface area (Å²) >= 11 is 12.2. The van der Waals surface area contributed by atoms with Crippen molar-refractivity contribution in [3.05, 3.63) is 70.2 Å². The predicted molar refractivity (Wildman–Crippen MR) is 110 cm³/mol. The number of amides is 1. The zero-order chi connectivity index (χ0) is 20.0. The van der Waals surface area contributed by atoms with Crippen LogP contribution < -0.4 is 14.8 Å². The van der Waals surface area contributed by atoms with E-state index in [-0.39, 0.29) is 12.7 Å². The molecule has 0 radical (unpaired) electrons. The van der Waals surface area contributed by atoms with Gasteiger partial charge < -0.3 is 19.2 Å². The molecule has 3 aromatic carbocycles. The highest BCUT2D eigenvalue weighted by molar-refractivity contribution is 6.38. The summed E-state index contributed by atoms with van der Waals surface area (Å²) in [5, 5.41) is 3.74. The number of hydrogen-bond donors (Lipinski definition) is 1. The third-order valence-electron chi connectivity index (χ3n) is 4.43. The quantitative estimate of drug-likeness (QED) is 0.449. The minimum atomic E-state index is -0.251. The highest BCUT2D eigenvalue weighted by atomic mass is 35.5. The average molecular weight is 427 g/mol. The smallest absolute Gasteiger partial charge is 0.255 e. The first-order valence-corrected chi connectivity index (χ1v) is 9.39. The number of oxazole rings is 1. The van der Waals surface area contributed by atoms with E-state index in [1.165, 1.54) is 0 Å². The third-order valence-corrected chi connectivity index (χ3v) is 4.93. The summed E-state index contributed by atoms with van der Waals surface area (Å²) in [4.78, 5) is 16.9. The maximum Gasteiger partial charge on any atom is 0.255 e. The molecule has 1 aromatic heterocycles. The van der Waals surface area contributed by atoms with Gasteiger partial charge in [-0.2, -0.15) is 0 Å². The maximum atomic E-state index is 12.5. The Balaban J connectivity index is 1.36. The molecule has 0 aliphatic carbocycles. The number of nitrogens with zero attached hydrogens (tertiary/aromatic N) is 1. The molecule has 0 saturated carbocycles. The summed E-state index contributed by atoms with van der Waals surface area (Å²) in [6.45, 7) is 0.162. The van der Waals surface area contributed by atoms with Crippen LogP contribution in [0.4, 0.5) is 5.69 Å². The lowest BCUT2D eigenvalue weighted by atomic mass is 10.1. The molecule has 6 nitrogen and oxygen atoms in total. The predicted octanol–water partition coefficient (Wildman–Crippen LogP) is 5.78. The number of anilines is 1. The summed E-state index contributed by atoms with van der Waals surface area (Å²) < 4.78 is 16.3. The average Bonchev–Trinajstić information content (AvgIpc) is 3.34. The van der Waals surface area contributed by atoms with Gasteiger partial charge in [0.1, 0.15) is 5.52 Å². The summed E-state index contributed by atoms with van der Waals surface area (Å²) in [6.07, 6.45) is 0. The van der Waals surface area contributed by atoms with Crippen molar-refractivity contribution in [2.24, 2.45) is 0 Å². The van der Waals surface area contributed by atoms with E-state index in [1.807, 2.05) is 0 Å². The first-order valence-electron chi connectivity index (χ1n) is 8.64. The summed E-state index contributed by atoms with van der Waals surface area (Å²) in [5.74, 6) is 1.35. The topological polar surface area (TPSA) is 73.6 Å². The van der Waals surface area contributed by atoms with Crippen molar-refractivity contribution < 1.29 is 18.7 Å². The van der Waals surface area contributed by atoms with E-state index >= 15 is 0 Å². The molecule has 0 bridgehead atoms. The van der Waals surface area contributed by atoms with Crippen LogP contribution in [0.3, 0.4) is 0 Å². The van der Waals surface area contributed by atoms with Crippen LogP contribution in [0.5, 0.6) is 11.5 Å². The summed E-state index contributed by atoms with van der Waals surface area (Å²) in [5.41, 5.74) is 2.91. The molecule has 1 N–H and O–H groups in total. The van der Waals surface area contributed by atoms with E-state index < -0.39 is 0 Å². The minimum Gasteiger partial charge on any atom is -0.454 e. The van der Waals surface area contributed by atoms with Crippen molar-refractivity contribution in [1.29, 1.82) is 0 Å². The van der Waals surface area contributed by atoms with Gasteiger partial charge in [-0.15, -0.1) is 0 Å². The highest BCUT2D eigenvalue weighted by Crippen LogP contribution is 2.34. The highest BCUT2D eigenvalue weighted by Gasteiger charge is 2.17. The molecule has 1 aliphatic rings. The van der Waals surface area contributed by atoms with Gasteiger partial charge in [-0.05, 0) is 54.6 Å². The first-order chi connectivity index (χ1) is 14.1. The molecule has 29 heavy (non-hydrogen) atoms. The van der Waals surface area contributed by atoms with Crippen molar-refractivity contribution in [3.8, 4) is 23.0 Å². The van der Waals surface area contributed by atoms with Crippen molar-refractivity contribution in [2.45, 2.75) is 0 Å². The summed E-state index contributed by atoms with van der Waals surface area (Å²) in [6, 6.07) is 15.5. The zero-order valence-electron chi connectivity index (χ0n) is 14.7. The number of ether oxygens (including phenoxy) is 2. The third kappa shape index (κ3) is 3.37. The van der Waals surface area contributed by atoms with E-state index in [0.717, 1.165) is 5.56 Å². The molecule has 144 valence electrons. The van der Waals surface area contributed by atoms with Crippen LogP contribution in [0.25, 0.3) is 22.6 Å². The van der Waals surface area contributed by atoms with Gasteiger partial charge in [0.05, 0.1) is 5.02 Å². The number of carbonyl (C=O) groups is 1. The van der Waals surface area contributed by atoms with Crippen molar-refractivity contribution in [3.63, 3.8) is 0 Å². The number of hydrogen-bond acceptors (Lipinski definition) is 5. The Morgan fingerprint density at radius 3 is 2.59 bits per heavy atom. The van der Waals surface area contributed by atoms with Crippen molar-refractivity contribution >= 4 is 45.9 Å². The molecular formula is C21H12Cl2N2O4. The number of nitrogens with one attached hydrogen (secondary N) is 1. The molecule has 4 aromatic rings. The lowest BCUT2D eigenvalue weighted by Gasteiger charge is -2.06. The van der Waals surface area contributed by atoms with Crippen molar-refractivity contribution in [2.75, 3.05) is 12.1 Å². The number of rotatable bonds is 3. The van der Waals surface area contributed by atoms with E-state index in [9.17, 15) is 4.79 Å². The van der Waals surface area contributed by atoms with Crippen LogP contribution in [-0.2, 0) is 0 Å². The molecule has 2 heterocycles. The molecular weight excluding hydrogens is 415 g/mol. The Morgan fingerprint density at radius 2 is 1.76 bits per heavy atom. The van der Waals surface area contributed by atoms with Gasteiger partial charge in [0.2, 0.25) is 12.7 Å². The molecule has 0 spiro atoms. The van der Waals surface area contributed by atoms with Gasteiger partial charge in [-0.1, -0.05) is 23.2 Å². The second-order valence-electron chi connectivity index (χ2n) is 6.35. The second-order valence-corrected chi connectivity index (χ2v) is 7.20. The second kappa shape index (κ2) is 6.99. The molecule has 0 fully saturated rings. The van der Waals surface area contributed by atoms with Crippen LogP contribution >= 0.6 is 23.2 Å². The Hall–Kier alpha value is -3.22. The SMILES string of the molecule is O=C(Nc1ccc(-c2nc3cc(Cl)cc(Cl)c3o2)cc1)c1ccc2c(c1)OCO2. The minimum absolute atomic E-state index is 0.162. The number of carbonyl (C=O) groups excluding carboxylic acids is 1. The van der Waals surface area contributed by atoms with Gasteiger partial charge in [0, 0.05) is 21.8 Å². The van der Waals surface area contributed by atoms with Crippen LogP contribution in [-0.4, -0.2) is 17.7 Å². The fourth-order valence-corrected chi connectivity index (χ4v) is 3.54. The molecule has 5 rings (SSSR count). The van der Waals surface area contributed by atoms with Gasteiger partial charge in [-0.3, -0.25) is 4.79 Å². The van der Waals surface area contributed by atoms with Gasteiger partial charge in [-0.25, -0.2) is 4.98 Å². The largest absolute Gasteiger partial charge is 0.454 e. The van der Waals surface area contributed by atoms with Gasteiger partial charge in [0.25, 0.3) is 5.91 Å². The normalized spacial score (nSPS) is 12.3. The van der Waals surface area contributed by atoms with Crippen LogP contribution in [0.2, 0.25) is 10.0 Å². The number of halogens is 2. The fraction of sp³-hybridized carbons (Fsp3) is 0.0476. The van der Waals surface area contributed by atoms with E-state index in [1.54, 1.807) is 54.6 Å². The lowest BCUT2D eigenvalue weighted by molar-refractivity contribution is 0.102. The van der Waals surface area contributed by atoms with E-state index in [4.69, 9.17) is 37.1 Å². The Morgan fingerprint density at radius 1 is 0.966 bits per heavy atom. The maximum absolute atomic E-state index is 12.5. The summed E-state index contributed by atoms with van der Waals surface area (Å²) in [7, 11) is 0. The standard InChI is InChI=1S/C21H12Cl2N2O4/c22-13-8-15(23)19-16(9-13)25-21(29-19)11-1-4-14(5-2-11)24-20(26)12-3-6-17-18(7-12)28-10-27-17/h1-9H,10H2,(H,24,26). The first kappa shape index (κ1) is 17.8.